The molecule has 0 aliphatic carbocycles. The van der Waals surface area contributed by atoms with Crippen LogP contribution in [0, 0.1) is 0 Å². The molecule has 1 N–H and O–H groups in total. The summed E-state index contributed by atoms with van der Waals surface area (Å²) in [6.45, 7) is 2.06. The second kappa shape index (κ2) is 6.25. The number of rotatable bonds is 4. The zero-order chi connectivity index (χ0) is 16.4. The van der Waals surface area contributed by atoms with Gasteiger partial charge in [0.1, 0.15) is 5.01 Å². The lowest BCUT2D eigenvalue weighted by Crippen LogP contribution is -2.25. The van der Waals surface area contributed by atoms with Gasteiger partial charge in [-0.2, -0.15) is 5.10 Å². The van der Waals surface area contributed by atoms with Crippen LogP contribution < -0.4 is 10.9 Å². The van der Waals surface area contributed by atoms with Crippen molar-refractivity contribution in [2.45, 2.75) is 19.8 Å². The van der Waals surface area contributed by atoms with E-state index in [-0.39, 0.29) is 11.3 Å². The minimum absolute atomic E-state index is 0.190. The standard InChI is InChI=1S/C15H15N5O2S/c1-3-6-11-17-18-15(23-11)16-13(21)12-9-7-4-5-8-10(9)14(22)20(2)19-12/h4-5,7-8H,3,6H2,1-2H3,(H,16,18,21). The SMILES string of the molecule is CCCc1nnc(NC(=O)c2nn(C)c(=O)c3ccccc23)s1. The van der Waals surface area contributed by atoms with Gasteiger partial charge in [0.05, 0.1) is 5.39 Å². The van der Waals surface area contributed by atoms with Gasteiger partial charge in [-0.05, 0) is 12.5 Å². The Labute approximate surface area is 136 Å². The Hall–Kier alpha value is -2.61. The Balaban J connectivity index is 1.97. The number of aromatic nitrogens is 4. The minimum Gasteiger partial charge on any atom is -0.295 e. The molecule has 0 bridgehead atoms. The van der Waals surface area contributed by atoms with Crippen molar-refractivity contribution in [1.29, 1.82) is 0 Å². The molecule has 0 fully saturated rings. The predicted molar refractivity (Wildman–Crippen MR) is 88.8 cm³/mol. The van der Waals surface area contributed by atoms with Crippen LogP contribution in [0.2, 0.25) is 0 Å². The highest BCUT2D eigenvalue weighted by Gasteiger charge is 2.17. The number of benzene rings is 1. The third kappa shape index (κ3) is 2.98. The molecule has 0 spiro atoms. The number of hydrogen-bond acceptors (Lipinski definition) is 6. The van der Waals surface area contributed by atoms with E-state index in [9.17, 15) is 9.59 Å². The van der Waals surface area contributed by atoms with E-state index in [2.05, 4.69) is 27.5 Å². The largest absolute Gasteiger partial charge is 0.295 e. The van der Waals surface area contributed by atoms with Gasteiger partial charge in [-0.25, -0.2) is 4.68 Å². The molecule has 3 rings (SSSR count). The fourth-order valence-electron chi connectivity index (χ4n) is 2.24. The van der Waals surface area contributed by atoms with E-state index in [0.29, 0.717) is 15.9 Å². The van der Waals surface area contributed by atoms with Gasteiger partial charge in [-0.3, -0.25) is 14.9 Å². The first kappa shape index (κ1) is 15.3. The maximum atomic E-state index is 12.5. The normalized spacial score (nSPS) is 10.9. The molecule has 2 aromatic heterocycles. The third-order valence-electron chi connectivity index (χ3n) is 3.32. The summed E-state index contributed by atoms with van der Waals surface area (Å²) in [4.78, 5) is 24.6. The molecule has 0 saturated carbocycles. The maximum absolute atomic E-state index is 12.5. The van der Waals surface area contributed by atoms with E-state index >= 15 is 0 Å². The second-order valence-corrected chi connectivity index (χ2v) is 6.09. The first-order valence-electron chi connectivity index (χ1n) is 7.20. The Morgan fingerprint density at radius 1 is 1.26 bits per heavy atom. The molecule has 1 aromatic carbocycles. The monoisotopic (exact) mass is 329 g/mol. The van der Waals surface area contributed by atoms with Crippen molar-refractivity contribution in [1.82, 2.24) is 20.0 Å². The highest BCUT2D eigenvalue weighted by Crippen LogP contribution is 2.19. The van der Waals surface area contributed by atoms with Gasteiger partial charge < -0.3 is 0 Å². The van der Waals surface area contributed by atoms with Crippen molar-refractivity contribution in [2.75, 3.05) is 5.32 Å². The van der Waals surface area contributed by atoms with E-state index in [1.165, 1.54) is 23.1 Å². The molecular formula is C15H15N5O2S. The summed E-state index contributed by atoms with van der Waals surface area (Å²) >= 11 is 1.34. The summed E-state index contributed by atoms with van der Waals surface area (Å²) in [5.74, 6) is -0.406. The molecule has 0 aliphatic heterocycles. The van der Waals surface area contributed by atoms with Crippen LogP contribution in [-0.2, 0) is 13.5 Å². The van der Waals surface area contributed by atoms with Crippen LogP contribution in [0.5, 0.6) is 0 Å². The molecule has 8 heteroatoms. The second-order valence-electron chi connectivity index (χ2n) is 5.03. The summed E-state index contributed by atoms with van der Waals surface area (Å²) in [5.41, 5.74) is -0.0479. The maximum Gasteiger partial charge on any atom is 0.278 e. The quantitative estimate of drug-likeness (QED) is 0.790. The van der Waals surface area contributed by atoms with Crippen LogP contribution in [0.4, 0.5) is 5.13 Å². The van der Waals surface area contributed by atoms with Crippen LogP contribution in [0.1, 0.15) is 28.8 Å². The smallest absolute Gasteiger partial charge is 0.278 e. The topological polar surface area (TPSA) is 89.8 Å². The van der Waals surface area contributed by atoms with Gasteiger partial charge in [0.15, 0.2) is 5.69 Å². The van der Waals surface area contributed by atoms with Crippen molar-refractivity contribution >= 4 is 33.1 Å². The highest BCUT2D eigenvalue weighted by atomic mass is 32.1. The molecule has 2 heterocycles. The molecule has 0 atom stereocenters. The van der Waals surface area contributed by atoms with Crippen molar-refractivity contribution < 1.29 is 4.79 Å². The van der Waals surface area contributed by atoms with E-state index in [1.807, 2.05) is 0 Å². The molecule has 0 aliphatic rings. The van der Waals surface area contributed by atoms with Crippen LogP contribution in [-0.4, -0.2) is 25.9 Å². The van der Waals surface area contributed by atoms with Gasteiger partial charge in [-0.1, -0.05) is 36.5 Å². The first-order chi connectivity index (χ1) is 11.1. The molecule has 23 heavy (non-hydrogen) atoms. The summed E-state index contributed by atoms with van der Waals surface area (Å²) < 4.78 is 1.17. The van der Waals surface area contributed by atoms with Crippen molar-refractivity contribution in [3.05, 3.63) is 45.3 Å². The van der Waals surface area contributed by atoms with Gasteiger partial charge in [0, 0.05) is 18.9 Å². The zero-order valence-corrected chi connectivity index (χ0v) is 13.6. The Kier molecular flexibility index (Phi) is 4.16. The van der Waals surface area contributed by atoms with Crippen LogP contribution in [0.15, 0.2) is 29.1 Å². The molecule has 3 aromatic rings. The lowest BCUT2D eigenvalue weighted by molar-refractivity contribution is 0.102. The number of nitrogens with zero attached hydrogens (tertiary/aromatic N) is 4. The third-order valence-corrected chi connectivity index (χ3v) is 4.22. The number of anilines is 1. The van der Waals surface area contributed by atoms with Crippen LogP contribution >= 0.6 is 11.3 Å². The Morgan fingerprint density at radius 3 is 2.74 bits per heavy atom. The summed E-state index contributed by atoms with van der Waals surface area (Å²) in [7, 11) is 1.52. The van der Waals surface area contributed by atoms with Crippen molar-refractivity contribution in [3.8, 4) is 0 Å². The Morgan fingerprint density at radius 2 is 2.00 bits per heavy atom. The first-order valence-corrected chi connectivity index (χ1v) is 8.01. The molecule has 118 valence electrons. The number of fused-ring (bicyclic) bond motifs is 1. The summed E-state index contributed by atoms with van der Waals surface area (Å²) in [5, 5.41) is 17.1. The molecule has 0 saturated heterocycles. The molecule has 0 unspecified atom stereocenters. The van der Waals surface area contributed by atoms with Crippen LogP contribution in [0.3, 0.4) is 0 Å². The molecular weight excluding hydrogens is 314 g/mol. The summed E-state index contributed by atoms with van der Waals surface area (Å²) in [6, 6.07) is 6.92. The lowest BCUT2D eigenvalue weighted by Gasteiger charge is -2.07. The van der Waals surface area contributed by atoms with E-state index in [1.54, 1.807) is 24.3 Å². The van der Waals surface area contributed by atoms with Gasteiger partial charge in [-0.15, -0.1) is 10.2 Å². The van der Waals surface area contributed by atoms with Gasteiger partial charge in [0.25, 0.3) is 11.5 Å². The number of carbonyl (C=O) groups is 1. The predicted octanol–water partition coefficient (Wildman–Crippen LogP) is 1.99. The number of carbonyl (C=O) groups excluding carboxylic acids is 1. The fraction of sp³-hybridized carbons (Fsp3) is 0.267. The number of nitrogens with one attached hydrogen (secondary N) is 1. The van der Waals surface area contributed by atoms with Crippen LogP contribution in [0.25, 0.3) is 10.8 Å². The zero-order valence-electron chi connectivity index (χ0n) is 12.7. The van der Waals surface area contributed by atoms with Crippen molar-refractivity contribution in [3.63, 3.8) is 0 Å². The highest BCUT2D eigenvalue weighted by molar-refractivity contribution is 7.15. The van der Waals surface area contributed by atoms with E-state index < -0.39 is 5.91 Å². The van der Waals surface area contributed by atoms with Crippen molar-refractivity contribution in [2.24, 2.45) is 7.05 Å². The average Bonchev–Trinajstić information content (AvgIpc) is 2.98. The molecule has 0 radical (unpaired) electrons. The molecule has 7 nitrogen and oxygen atoms in total. The lowest BCUT2D eigenvalue weighted by atomic mass is 10.1. The number of hydrogen-bond donors (Lipinski definition) is 1. The number of aryl methyl sites for hydroxylation is 2. The van der Waals surface area contributed by atoms with E-state index in [4.69, 9.17) is 0 Å². The summed E-state index contributed by atoms with van der Waals surface area (Å²) in [6.07, 6.45) is 1.80. The van der Waals surface area contributed by atoms with E-state index in [0.717, 1.165) is 17.8 Å². The van der Waals surface area contributed by atoms with Gasteiger partial charge >= 0.3 is 0 Å². The minimum atomic E-state index is -0.406. The molecule has 1 amide bonds. The average molecular weight is 329 g/mol. The fourth-order valence-corrected chi connectivity index (χ4v) is 3.08. The number of amides is 1. The van der Waals surface area contributed by atoms with Gasteiger partial charge in [0.2, 0.25) is 5.13 Å². The Bertz CT molecular complexity index is 931.